The van der Waals surface area contributed by atoms with Gasteiger partial charge in [0.1, 0.15) is 0 Å². The topological polar surface area (TPSA) is 23.8 Å². The molecule has 0 aliphatic heterocycles. The van der Waals surface area contributed by atoms with E-state index in [9.17, 15) is 0 Å². The van der Waals surface area contributed by atoms with Gasteiger partial charge in [-0.2, -0.15) is 17.9 Å². The van der Waals surface area contributed by atoms with Crippen LogP contribution in [-0.2, 0) is 0 Å². The zero-order valence-electron chi connectivity index (χ0n) is 9.50. The highest BCUT2D eigenvalue weighted by atomic mass is 32.1. The molecule has 0 aliphatic carbocycles. The van der Waals surface area contributed by atoms with Crippen LogP contribution in [0.4, 0.5) is 0 Å². The SMILES string of the molecule is CC(C)C(CC#N)CCCCCCS. The molecule has 0 heterocycles. The molecular formula is C12H23NS. The molecule has 0 radical (unpaired) electrons. The summed E-state index contributed by atoms with van der Waals surface area (Å²) in [5, 5.41) is 8.67. The standard InChI is InChI=1S/C12H23NS/c1-11(2)12(8-9-13)7-5-3-4-6-10-14/h11-12,14H,3-8,10H2,1-2H3. The molecule has 0 N–H and O–H groups in total. The average molecular weight is 213 g/mol. The Kier molecular flexibility index (Phi) is 9.29. The van der Waals surface area contributed by atoms with Crippen LogP contribution >= 0.6 is 12.6 Å². The van der Waals surface area contributed by atoms with Crippen molar-refractivity contribution >= 4 is 12.6 Å². The van der Waals surface area contributed by atoms with E-state index in [1.54, 1.807) is 0 Å². The predicted octanol–water partition coefficient (Wildman–Crippen LogP) is 4.05. The van der Waals surface area contributed by atoms with Crippen LogP contribution in [0.2, 0.25) is 0 Å². The maximum absolute atomic E-state index is 8.67. The van der Waals surface area contributed by atoms with Gasteiger partial charge in [0.2, 0.25) is 0 Å². The molecule has 82 valence electrons. The van der Waals surface area contributed by atoms with E-state index >= 15 is 0 Å². The fraction of sp³-hybridized carbons (Fsp3) is 0.917. The molecule has 0 spiro atoms. The molecule has 0 amide bonds. The van der Waals surface area contributed by atoms with Crippen molar-refractivity contribution in [2.24, 2.45) is 11.8 Å². The van der Waals surface area contributed by atoms with Crippen LogP contribution in [0.1, 0.15) is 52.4 Å². The number of nitrogens with zero attached hydrogens (tertiary/aromatic N) is 1. The molecular weight excluding hydrogens is 190 g/mol. The first-order valence-corrected chi connectivity index (χ1v) is 6.33. The lowest BCUT2D eigenvalue weighted by molar-refractivity contribution is 0.352. The summed E-state index contributed by atoms with van der Waals surface area (Å²) in [5.41, 5.74) is 0. The van der Waals surface area contributed by atoms with Crippen molar-refractivity contribution in [2.45, 2.75) is 52.4 Å². The van der Waals surface area contributed by atoms with E-state index in [4.69, 9.17) is 5.26 Å². The smallest absolute Gasteiger partial charge is 0.0624 e. The summed E-state index contributed by atoms with van der Waals surface area (Å²) in [4.78, 5) is 0. The molecule has 0 aromatic heterocycles. The summed E-state index contributed by atoms with van der Waals surface area (Å²) in [5.74, 6) is 2.27. The second-order valence-electron chi connectivity index (χ2n) is 4.29. The van der Waals surface area contributed by atoms with Gasteiger partial charge in [-0.1, -0.05) is 33.1 Å². The minimum Gasteiger partial charge on any atom is -0.198 e. The Hall–Kier alpha value is -0.160. The van der Waals surface area contributed by atoms with Crippen molar-refractivity contribution in [3.8, 4) is 6.07 Å². The van der Waals surface area contributed by atoms with Gasteiger partial charge in [-0.3, -0.25) is 0 Å². The van der Waals surface area contributed by atoms with Crippen LogP contribution in [0.15, 0.2) is 0 Å². The van der Waals surface area contributed by atoms with Gasteiger partial charge in [-0.25, -0.2) is 0 Å². The van der Waals surface area contributed by atoms with Gasteiger partial charge in [-0.15, -0.1) is 0 Å². The van der Waals surface area contributed by atoms with Crippen molar-refractivity contribution in [3.63, 3.8) is 0 Å². The van der Waals surface area contributed by atoms with Crippen molar-refractivity contribution in [1.82, 2.24) is 0 Å². The first-order valence-electron chi connectivity index (χ1n) is 5.70. The quantitative estimate of drug-likeness (QED) is 0.477. The molecule has 14 heavy (non-hydrogen) atoms. The molecule has 0 bridgehead atoms. The van der Waals surface area contributed by atoms with E-state index < -0.39 is 0 Å². The molecule has 0 saturated heterocycles. The van der Waals surface area contributed by atoms with Gasteiger partial charge in [0.25, 0.3) is 0 Å². The van der Waals surface area contributed by atoms with Gasteiger partial charge >= 0.3 is 0 Å². The van der Waals surface area contributed by atoms with Crippen LogP contribution in [0.25, 0.3) is 0 Å². The highest BCUT2D eigenvalue weighted by Crippen LogP contribution is 2.21. The van der Waals surface area contributed by atoms with Gasteiger partial charge in [0.15, 0.2) is 0 Å². The minimum absolute atomic E-state index is 0.607. The lowest BCUT2D eigenvalue weighted by Crippen LogP contribution is -2.07. The zero-order valence-corrected chi connectivity index (χ0v) is 10.4. The van der Waals surface area contributed by atoms with Gasteiger partial charge in [0.05, 0.1) is 6.07 Å². The minimum atomic E-state index is 0.607. The summed E-state index contributed by atoms with van der Waals surface area (Å²) >= 11 is 4.19. The van der Waals surface area contributed by atoms with Crippen molar-refractivity contribution in [3.05, 3.63) is 0 Å². The van der Waals surface area contributed by atoms with E-state index in [-0.39, 0.29) is 0 Å². The maximum atomic E-state index is 8.67. The molecule has 1 nitrogen and oxygen atoms in total. The molecule has 1 atom stereocenters. The second-order valence-corrected chi connectivity index (χ2v) is 4.74. The monoisotopic (exact) mass is 213 g/mol. The van der Waals surface area contributed by atoms with Crippen LogP contribution in [0.5, 0.6) is 0 Å². The third kappa shape index (κ3) is 7.26. The molecule has 0 saturated carbocycles. The van der Waals surface area contributed by atoms with Crippen LogP contribution in [0.3, 0.4) is 0 Å². The predicted molar refractivity (Wildman–Crippen MR) is 65.5 cm³/mol. The number of rotatable bonds is 8. The molecule has 0 aliphatic rings. The Labute approximate surface area is 94.3 Å². The Balaban J connectivity index is 3.47. The Bertz CT molecular complexity index is 160. The Morgan fingerprint density at radius 2 is 1.79 bits per heavy atom. The van der Waals surface area contributed by atoms with Gasteiger partial charge < -0.3 is 0 Å². The summed E-state index contributed by atoms with van der Waals surface area (Å²) in [6, 6.07) is 2.29. The Morgan fingerprint density at radius 3 is 2.29 bits per heavy atom. The third-order valence-electron chi connectivity index (χ3n) is 2.78. The molecule has 1 unspecified atom stereocenters. The van der Waals surface area contributed by atoms with Crippen molar-refractivity contribution in [2.75, 3.05) is 5.75 Å². The van der Waals surface area contributed by atoms with Crippen LogP contribution in [0, 0.1) is 23.2 Å². The average Bonchev–Trinajstić information content (AvgIpc) is 2.15. The lowest BCUT2D eigenvalue weighted by Gasteiger charge is -2.17. The maximum Gasteiger partial charge on any atom is 0.0624 e. The second kappa shape index (κ2) is 9.40. The van der Waals surface area contributed by atoms with Gasteiger partial charge in [-0.05, 0) is 30.4 Å². The summed E-state index contributed by atoms with van der Waals surface area (Å²) in [6.07, 6.45) is 7.05. The van der Waals surface area contributed by atoms with Crippen LogP contribution in [-0.4, -0.2) is 5.75 Å². The first-order chi connectivity index (χ1) is 6.72. The largest absolute Gasteiger partial charge is 0.198 e. The molecule has 0 fully saturated rings. The highest BCUT2D eigenvalue weighted by Gasteiger charge is 2.11. The number of nitriles is 1. The van der Waals surface area contributed by atoms with E-state index in [1.165, 1.54) is 32.1 Å². The number of hydrogen-bond donors (Lipinski definition) is 1. The molecule has 0 rings (SSSR count). The first kappa shape index (κ1) is 13.8. The highest BCUT2D eigenvalue weighted by molar-refractivity contribution is 7.80. The fourth-order valence-corrected chi connectivity index (χ4v) is 1.88. The summed E-state index contributed by atoms with van der Waals surface area (Å²) in [6.45, 7) is 4.44. The third-order valence-corrected chi connectivity index (χ3v) is 3.10. The van der Waals surface area contributed by atoms with E-state index in [1.807, 2.05) is 0 Å². The Morgan fingerprint density at radius 1 is 1.14 bits per heavy atom. The van der Waals surface area contributed by atoms with Crippen molar-refractivity contribution < 1.29 is 0 Å². The lowest BCUT2D eigenvalue weighted by atomic mass is 9.88. The van der Waals surface area contributed by atoms with Crippen LogP contribution < -0.4 is 0 Å². The number of hydrogen-bond acceptors (Lipinski definition) is 2. The summed E-state index contributed by atoms with van der Waals surface area (Å²) in [7, 11) is 0. The fourth-order valence-electron chi connectivity index (χ4n) is 1.66. The molecule has 0 aromatic rings. The van der Waals surface area contributed by atoms with E-state index in [0.717, 1.165) is 12.2 Å². The number of unbranched alkanes of at least 4 members (excludes halogenated alkanes) is 3. The number of thiol groups is 1. The summed E-state index contributed by atoms with van der Waals surface area (Å²) < 4.78 is 0. The van der Waals surface area contributed by atoms with E-state index in [2.05, 4.69) is 32.5 Å². The van der Waals surface area contributed by atoms with E-state index in [0.29, 0.717) is 11.8 Å². The normalized spacial score (nSPS) is 12.8. The van der Waals surface area contributed by atoms with Gasteiger partial charge in [0, 0.05) is 6.42 Å². The molecule has 0 aromatic carbocycles. The zero-order chi connectivity index (χ0) is 10.8. The molecule has 2 heteroatoms. The van der Waals surface area contributed by atoms with Crippen molar-refractivity contribution in [1.29, 1.82) is 5.26 Å².